The first-order valence-corrected chi connectivity index (χ1v) is 9.63. The normalized spacial score (nSPS) is 10.9. The van der Waals surface area contributed by atoms with Gasteiger partial charge in [-0.25, -0.2) is 4.98 Å². The van der Waals surface area contributed by atoms with Crippen molar-refractivity contribution in [2.45, 2.75) is 20.1 Å². The van der Waals surface area contributed by atoms with Gasteiger partial charge in [0.05, 0.1) is 17.4 Å². The van der Waals surface area contributed by atoms with Crippen LogP contribution in [0.2, 0.25) is 0 Å². The highest BCUT2D eigenvalue weighted by Crippen LogP contribution is 2.35. The van der Waals surface area contributed by atoms with Crippen molar-refractivity contribution in [3.8, 4) is 5.88 Å². The summed E-state index contributed by atoms with van der Waals surface area (Å²) in [5, 5.41) is 3.76. The average Bonchev–Trinajstić information content (AvgIpc) is 3.02. The van der Waals surface area contributed by atoms with Gasteiger partial charge in [0.25, 0.3) is 5.91 Å². The van der Waals surface area contributed by atoms with Crippen molar-refractivity contribution in [3.05, 3.63) is 46.1 Å². The minimum Gasteiger partial charge on any atom is -0.480 e. The van der Waals surface area contributed by atoms with Gasteiger partial charge in [0.2, 0.25) is 5.88 Å². The summed E-state index contributed by atoms with van der Waals surface area (Å²) in [6.45, 7) is 2.63. The van der Waals surface area contributed by atoms with Crippen LogP contribution >= 0.6 is 11.3 Å². The van der Waals surface area contributed by atoms with Crippen LogP contribution in [-0.4, -0.2) is 44.2 Å². The lowest BCUT2D eigenvalue weighted by Crippen LogP contribution is -2.22. The van der Waals surface area contributed by atoms with Crippen molar-refractivity contribution in [2.75, 3.05) is 33.2 Å². The lowest BCUT2D eigenvalue weighted by Gasteiger charge is -2.12. The maximum atomic E-state index is 12.8. The number of aromatic nitrogens is 2. The van der Waals surface area contributed by atoms with Crippen molar-refractivity contribution in [1.29, 1.82) is 0 Å². The zero-order valence-electron chi connectivity index (χ0n) is 16.7. The number of benzene rings is 1. The van der Waals surface area contributed by atoms with Crippen molar-refractivity contribution < 1.29 is 14.3 Å². The Morgan fingerprint density at radius 1 is 1.18 bits per heavy atom. The van der Waals surface area contributed by atoms with Crippen molar-refractivity contribution in [3.63, 3.8) is 0 Å². The maximum absolute atomic E-state index is 12.8. The van der Waals surface area contributed by atoms with Crippen LogP contribution in [0.25, 0.3) is 10.2 Å². The molecule has 0 radical (unpaired) electrons. The molecule has 3 rings (SSSR count). The number of aryl methyl sites for hydroxylation is 1. The summed E-state index contributed by atoms with van der Waals surface area (Å²) in [7, 11) is 7.14. The average molecular weight is 401 g/mol. The molecule has 0 bridgehead atoms. The van der Waals surface area contributed by atoms with E-state index in [0.29, 0.717) is 23.1 Å². The summed E-state index contributed by atoms with van der Waals surface area (Å²) >= 11 is 1.34. The third-order valence-electron chi connectivity index (χ3n) is 4.38. The summed E-state index contributed by atoms with van der Waals surface area (Å²) < 4.78 is 10.5. The molecule has 0 saturated carbocycles. The second kappa shape index (κ2) is 8.53. The molecule has 0 atom stereocenters. The fourth-order valence-electron chi connectivity index (χ4n) is 2.88. The molecular formula is C20H24N4O3S. The lowest BCUT2D eigenvalue weighted by molar-refractivity contribution is 0.0954. The molecule has 0 saturated heterocycles. The van der Waals surface area contributed by atoms with E-state index in [1.807, 2.05) is 50.2 Å². The minimum absolute atomic E-state index is 0.132. The minimum atomic E-state index is -0.132. The molecule has 2 heterocycles. The van der Waals surface area contributed by atoms with Crippen molar-refractivity contribution in [2.24, 2.45) is 0 Å². The number of amides is 1. The van der Waals surface area contributed by atoms with Crippen LogP contribution in [-0.2, 0) is 17.9 Å². The van der Waals surface area contributed by atoms with Gasteiger partial charge in [-0.3, -0.25) is 4.79 Å². The Bertz CT molecular complexity index is 983. The molecule has 7 nitrogen and oxygen atoms in total. The molecule has 0 aliphatic rings. The van der Waals surface area contributed by atoms with Gasteiger partial charge in [0.1, 0.15) is 11.4 Å². The Balaban J connectivity index is 1.82. The maximum Gasteiger partial charge on any atom is 0.261 e. The van der Waals surface area contributed by atoms with Crippen LogP contribution in [0.1, 0.15) is 26.6 Å². The van der Waals surface area contributed by atoms with Crippen molar-refractivity contribution in [1.82, 2.24) is 15.3 Å². The number of hydrogen-bond donors (Lipinski definition) is 1. The molecule has 0 spiro atoms. The Kier molecular flexibility index (Phi) is 6.11. The zero-order chi connectivity index (χ0) is 20.3. The van der Waals surface area contributed by atoms with Crippen LogP contribution in [0.15, 0.2) is 24.3 Å². The van der Waals surface area contributed by atoms with Crippen LogP contribution in [0.3, 0.4) is 0 Å². The van der Waals surface area contributed by atoms with Crippen molar-refractivity contribution >= 4 is 33.1 Å². The predicted molar refractivity (Wildman–Crippen MR) is 111 cm³/mol. The Morgan fingerprint density at radius 3 is 2.50 bits per heavy atom. The van der Waals surface area contributed by atoms with E-state index in [1.54, 1.807) is 14.2 Å². The summed E-state index contributed by atoms with van der Waals surface area (Å²) in [5.74, 6) is 0.859. The first-order valence-electron chi connectivity index (χ1n) is 8.82. The number of carbonyl (C=O) groups is 1. The molecule has 148 valence electrons. The van der Waals surface area contributed by atoms with E-state index in [9.17, 15) is 4.79 Å². The van der Waals surface area contributed by atoms with Gasteiger partial charge >= 0.3 is 0 Å². The highest BCUT2D eigenvalue weighted by Gasteiger charge is 2.21. The molecule has 0 fully saturated rings. The predicted octanol–water partition coefficient (Wildman–Crippen LogP) is 3.15. The first-order chi connectivity index (χ1) is 13.4. The van der Waals surface area contributed by atoms with Gasteiger partial charge in [-0.1, -0.05) is 12.1 Å². The number of ether oxygens (including phenoxy) is 2. The van der Waals surface area contributed by atoms with Gasteiger partial charge in [-0.15, -0.1) is 11.3 Å². The smallest absolute Gasteiger partial charge is 0.261 e. The van der Waals surface area contributed by atoms with Gasteiger partial charge in [-0.05, 0) is 30.2 Å². The number of methoxy groups -OCH3 is 2. The van der Waals surface area contributed by atoms with E-state index in [4.69, 9.17) is 9.47 Å². The molecular weight excluding hydrogens is 376 g/mol. The fourth-order valence-corrected chi connectivity index (χ4v) is 3.98. The van der Waals surface area contributed by atoms with Crippen LogP contribution < -0.4 is 15.0 Å². The lowest BCUT2D eigenvalue weighted by atomic mass is 10.2. The zero-order valence-corrected chi connectivity index (χ0v) is 17.5. The Labute approximate surface area is 168 Å². The van der Waals surface area contributed by atoms with E-state index < -0.39 is 0 Å². The van der Waals surface area contributed by atoms with E-state index in [-0.39, 0.29) is 12.5 Å². The SMILES string of the molecule is COCc1nc(OC)c2c(C)c(C(=O)NCc3ccc(N(C)C)cc3)sc2n1. The summed E-state index contributed by atoms with van der Waals surface area (Å²) in [6.07, 6.45) is 0. The molecule has 0 unspecified atom stereocenters. The second-order valence-corrected chi connectivity index (χ2v) is 7.56. The second-order valence-electron chi connectivity index (χ2n) is 6.56. The molecule has 1 amide bonds. The molecule has 2 aromatic heterocycles. The number of nitrogens with one attached hydrogen (secondary N) is 1. The Morgan fingerprint density at radius 2 is 1.89 bits per heavy atom. The molecule has 8 heteroatoms. The van der Waals surface area contributed by atoms with Gasteiger partial charge in [-0.2, -0.15) is 4.98 Å². The molecule has 1 N–H and O–H groups in total. The van der Waals surface area contributed by atoms with Crippen LogP contribution in [0, 0.1) is 6.92 Å². The summed E-state index contributed by atoms with van der Waals surface area (Å²) in [4.78, 5) is 25.0. The monoisotopic (exact) mass is 400 g/mol. The number of carbonyl (C=O) groups excluding carboxylic acids is 1. The van der Waals surface area contributed by atoms with Crippen LogP contribution in [0.4, 0.5) is 5.69 Å². The molecule has 28 heavy (non-hydrogen) atoms. The van der Waals surface area contributed by atoms with Gasteiger partial charge in [0.15, 0.2) is 5.82 Å². The molecule has 1 aromatic carbocycles. The third kappa shape index (κ3) is 4.07. The summed E-state index contributed by atoms with van der Waals surface area (Å²) in [5.41, 5.74) is 2.98. The quantitative estimate of drug-likeness (QED) is 0.657. The van der Waals surface area contributed by atoms with E-state index in [2.05, 4.69) is 15.3 Å². The Hall–Kier alpha value is -2.71. The first kappa shape index (κ1) is 20.0. The number of fused-ring (bicyclic) bond motifs is 1. The number of anilines is 1. The van der Waals surface area contributed by atoms with Crippen LogP contribution in [0.5, 0.6) is 5.88 Å². The molecule has 0 aliphatic heterocycles. The molecule has 0 aliphatic carbocycles. The topological polar surface area (TPSA) is 76.6 Å². The standard InChI is InChI=1S/C20H24N4O3S/c1-12-16-19(27-5)22-15(11-26-4)23-20(16)28-17(12)18(25)21-10-13-6-8-14(9-7-13)24(2)3/h6-9H,10-11H2,1-5H3,(H,21,25). The van der Waals surface area contributed by atoms with Gasteiger partial charge in [0, 0.05) is 33.4 Å². The van der Waals surface area contributed by atoms with E-state index in [0.717, 1.165) is 27.0 Å². The number of thiophene rings is 1. The van der Waals surface area contributed by atoms with E-state index >= 15 is 0 Å². The third-order valence-corrected chi connectivity index (χ3v) is 5.57. The largest absolute Gasteiger partial charge is 0.480 e. The number of hydrogen-bond acceptors (Lipinski definition) is 7. The van der Waals surface area contributed by atoms with E-state index in [1.165, 1.54) is 11.3 Å². The number of rotatable bonds is 7. The number of nitrogens with zero attached hydrogens (tertiary/aromatic N) is 3. The highest BCUT2D eigenvalue weighted by molar-refractivity contribution is 7.20. The van der Waals surface area contributed by atoms with Gasteiger partial charge < -0.3 is 19.7 Å². The highest BCUT2D eigenvalue weighted by atomic mass is 32.1. The molecule has 3 aromatic rings. The fraction of sp³-hybridized carbons (Fsp3) is 0.350. The summed E-state index contributed by atoms with van der Waals surface area (Å²) in [6, 6.07) is 8.09.